The number of hydrogen-bond acceptors (Lipinski definition) is 6. The smallest absolute Gasteiger partial charge is 0.356 e. The Morgan fingerprint density at radius 1 is 1.50 bits per heavy atom. The predicted molar refractivity (Wildman–Crippen MR) is 48.2 cm³/mol. The highest BCUT2D eigenvalue weighted by Crippen LogP contribution is 2.16. The van der Waals surface area contributed by atoms with Crippen molar-refractivity contribution in [1.82, 2.24) is 4.98 Å². The minimum Gasteiger partial charge on any atom is -0.476 e. The summed E-state index contributed by atoms with van der Waals surface area (Å²) >= 11 is 0.692. The SMILES string of the molecule is CS(=O)(=O)C(=O)c1scnc1C(=O)O. The Balaban J connectivity index is 3.28. The van der Waals surface area contributed by atoms with Gasteiger partial charge in [-0.15, -0.1) is 11.3 Å². The van der Waals surface area contributed by atoms with Crippen LogP contribution in [0.3, 0.4) is 0 Å². The van der Waals surface area contributed by atoms with Crippen LogP contribution in [0.1, 0.15) is 20.2 Å². The van der Waals surface area contributed by atoms with Crippen LogP contribution < -0.4 is 0 Å². The van der Waals surface area contributed by atoms with Crippen LogP contribution in [0.4, 0.5) is 0 Å². The van der Waals surface area contributed by atoms with E-state index in [1.165, 1.54) is 0 Å². The highest BCUT2D eigenvalue weighted by atomic mass is 32.2. The Labute approximate surface area is 83.1 Å². The Morgan fingerprint density at radius 3 is 2.50 bits per heavy atom. The molecular formula is C6H5NO5S2. The van der Waals surface area contributed by atoms with E-state index in [9.17, 15) is 18.0 Å². The number of thiazole rings is 1. The van der Waals surface area contributed by atoms with Crippen molar-refractivity contribution in [2.45, 2.75) is 0 Å². The molecule has 0 bridgehead atoms. The lowest BCUT2D eigenvalue weighted by Crippen LogP contribution is -2.15. The van der Waals surface area contributed by atoms with Crippen LogP contribution in [-0.2, 0) is 9.84 Å². The molecule has 1 aromatic rings. The van der Waals surface area contributed by atoms with Gasteiger partial charge in [0.05, 0.1) is 5.51 Å². The molecule has 8 heteroatoms. The summed E-state index contributed by atoms with van der Waals surface area (Å²) < 4.78 is 21.7. The molecule has 0 saturated carbocycles. The first-order valence-corrected chi connectivity index (χ1v) is 6.02. The van der Waals surface area contributed by atoms with Crippen LogP contribution in [0.5, 0.6) is 0 Å². The normalized spacial score (nSPS) is 11.2. The van der Waals surface area contributed by atoms with E-state index in [2.05, 4.69) is 4.98 Å². The molecule has 6 nitrogen and oxygen atoms in total. The molecule has 0 amide bonds. The molecule has 0 aliphatic heterocycles. The first-order chi connectivity index (χ1) is 6.34. The van der Waals surface area contributed by atoms with Crippen LogP contribution in [0.25, 0.3) is 0 Å². The monoisotopic (exact) mass is 235 g/mol. The minimum atomic E-state index is -3.91. The van der Waals surface area contributed by atoms with E-state index in [1.807, 2.05) is 0 Å². The van der Waals surface area contributed by atoms with Gasteiger partial charge in [0.25, 0.3) is 5.12 Å². The zero-order valence-corrected chi connectivity index (χ0v) is 8.55. The van der Waals surface area contributed by atoms with Crippen LogP contribution in [0.2, 0.25) is 0 Å². The van der Waals surface area contributed by atoms with Crippen molar-refractivity contribution in [1.29, 1.82) is 0 Å². The average Bonchev–Trinajstić information content (AvgIpc) is 2.48. The summed E-state index contributed by atoms with van der Waals surface area (Å²) in [6, 6.07) is 0. The molecule has 0 spiro atoms. The van der Waals surface area contributed by atoms with E-state index < -0.39 is 26.6 Å². The van der Waals surface area contributed by atoms with E-state index in [0.717, 1.165) is 11.8 Å². The summed E-state index contributed by atoms with van der Waals surface area (Å²) in [7, 11) is -3.91. The van der Waals surface area contributed by atoms with Gasteiger partial charge in [-0.2, -0.15) is 0 Å². The second-order valence-corrected chi connectivity index (χ2v) is 5.16. The lowest BCUT2D eigenvalue weighted by Gasteiger charge is -1.94. The zero-order chi connectivity index (χ0) is 10.9. The van der Waals surface area contributed by atoms with Gasteiger partial charge in [-0.25, -0.2) is 18.2 Å². The lowest BCUT2D eigenvalue weighted by molar-refractivity contribution is 0.0688. The number of sulfone groups is 1. The van der Waals surface area contributed by atoms with Gasteiger partial charge in [-0.3, -0.25) is 4.79 Å². The zero-order valence-electron chi connectivity index (χ0n) is 6.92. The van der Waals surface area contributed by atoms with Crippen LogP contribution >= 0.6 is 11.3 Å². The van der Waals surface area contributed by atoms with Crippen LogP contribution in [0, 0.1) is 0 Å². The number of aromatic carboxylic acids is 1. The molecule has 0 aromatic carbocycles. The van der Waals surface area contributed by atoms with Gasteiger partial charge in [0.15, 0.2) is 5.69 Å². The summed E-state index contributed by atoms with van der Waals surface area (Å²) in [4.78, 5) is 24.7. The molecule has 0 radical (unpaired) electrons. The molecule has 1 heterocycles. The molecule has 1 rings (SSSR count). The van der Waals surface area contributed by atoms with E-state index in [1.54, 1.807) is 0 Å². The van der Waals surface area contributed by atoms with Gasteiger partial charge >= 0.3 is 5.97 Å². The van der Waals surface area contributed by atoms with Gasteiger partial charge in [-0.1, -0.05) is 0 Å². The second kappa shape index (κ2) is 3.46. The standard InChI is InChI=1S/C6H5NO5S2/c1-14(11,12)6(10)4-3(5(8)9)7-2-13-4/h2H,1H3,(H,8,9). The van der Waals surface area contributed by atoms with Crippen molar-refractivity contribution in [2.24, 2.45) is 0 Å². The largest absolute Gasteiger partial charge is 0.476 e. The molecule has 0 aliphatic rings. The van der Waals surface area contributed by atoms with Crippen molar-refractivity contribution in [2.75, 3.05) is 6.26 Å². The van der Waals surface area contributed by atoms with E-state index in [-0.39, 0.29) is 4.88 Å². The molecule has 0 saturated heterocycles. The molecule has 1 aromatic heterocycles. The molecule has 0 fully saturated rings. The maximum Gasteiger partial charge on any atom is 0.356 e. The van der Waals surface area contributed by atoms with Crippen LogP contribution in [0.15, 0.2) is 5.51 Å². The van der Waals surface area contributed by atoms with Crippen molar-refractivity contribution in [3.63, 3.8) is 0 Å². The number of nitrogens with zero attached hydrogens (tertiary/aromatic N) is 1. The third-order valence-electron chi connectivity index (χ3n) is 1.29. The summed E-state index contributed by atoms with van der Waals surface area (Å²) in [5.74, 6) is -1.42. The number of rotatable bonds is 2. The van der Waals surface area contributed by atoms with Crippen molar-refractivity contribution >= 4 is 32.3 Å². The quantitative estimate of drug-likeness (QED) is 0.775. The number of carboxylic acid groups (broad SMARTS) is 1. The van der Waals surface area contributed by atoms with Crippen molar-refractivity contribution < 1.29 is 23.1 Å². The Morgan fingerprint density at radius 2 is 2.07 bits per heavy atom. The topological polar surface area (TPSA) is 101 Å². The van der Waals surface area contributed by atoms with Crippen molar-refractivity contribution in [3.05, 3.63) is 16.1 Å². The van der Waals surface area contributed by atoms with Gasteiger partial charge in [0.2, 0.25) is 9.84 Å². The van der Waals surface area contributed by atoms with Gasteiger partial charge < -0.3 is 5.11 Å². The summed E-state index contributed by atoms with van der Waals surface area (Å²) in [5.41, 5.74) is 0.590. The van der Waals surface area contributed by atoms with Gasteiger partial charge in [-0.05, 0) is 0 Å². The highest BCUT2D eigenvalue weighted by molar-refractivity contribution is 8.06. The molecule has 1 N–H and O–H groups in total. The predicted octanol–water partition coefficient (Wildman–Crippen LogP) is 0.0261. The van der Waals surface area contributed by atoms with E-state index in [0.29, 0.717) is 11.3 Å². The number of carboxylic acids is 1. The summed E-state index contributed by atoms with van der Waals surface area (Å²) in [6.07, 6.45) is 0.723. The van der Waals surface area contributed by atoms with E-state index in [4.69, 9.17) is 5.11 Å². The average molecular weight is 235 g/mol. The maximum absolute atomic E-state index is 11.2. The summed E-state index contributed by atoms with van der Waals surface area (Å²) in [5, 5.41) is 7.36. The lowest BCUT2D eigenvalue weighted by atomic mass is 10.4. The summed E-state index contributed by atoms with van der Waals surface area (Å²) in [6.45, 7) is 0. The molecule has 0 unspecified atom stereocenters. The third kappa shape index (κ3) is 1.96. The minimum absolute atomic E-state index is 0.361. The molecule has 0 aliphatic carbocycles. The number of hydrogen-bond donors (Lipinski definition) is 1. The fourth-order valence-corrected chi connectivity index (χ4v) is 2.36. The Hall–Kier alpha value is -1.28. The van der Waals surface area contributed by atoms with Crippen LogP contribution in [-0.4, -0.2) is 35.8 Å². The number of carbonyl (C=O) groups is 2. The first-order valence-electron chi connectivity index (χ1n) is 3.25. The number of aromatic nitrogens is 1. The fourth-order valence-electron chi connectivity index (χ4n) is 0.712. The highest BCUT2D eigenvalue weighted by Gasteiger charge is 2.26. The fraction of sp³-hybridized carbons (Fsp3) is 0.167. The number of carbonyl (C=O) groups excluding carboxylic acids is 1. The first kappa shape index (κ1) is 10.8. The maximum atomic E-state index is 11.2. The molecule has 0 atom stereocenters. The Kier molecular flexibility index (Phi) is 2.67. The molecule has 76 valence electrons. The third-order valence-corrected chi connectivity index (χ3v) is 3.12. The molecular weight excluding hydrogens is 230 g/mol. The van der Waals surface area contributed by atoms with Gasteiger partial charge in [0.1, 0.15) is 4.88 Å². The Bertz CT molecular complexity index is 486. The molecule has 14 heavy (non-hydrogen) atoms. The van der Waals surface area contributed by atoms with Gasteiger partial charge in [0, 0.05) is 6.26 Å². The van der Waals surface area contributed by atoms with E-state index >= 15 is 0 Å². The second-order valence-electron chi connectivity index (χ2n) is 2.39. The van der Waals surface area contributed by atoms with Crippen molar-refractivity contribution in [3.8, 4) is 0 Å².